The van der Waals surface area contributed by atoms with Gasteiger partial charge in [-0.3, -0.25) is 4.79 Å². The molecule has 0 radical (unpaired) electrons. The second kappa shape index (κ2) is 3.77. The fourth-order valence-corrected chi connectivity index (χ4v) is 1.80. The molecule has 3 heteroatoms. The van der Waals surface area contributed by atoms with Crippen molar-refractivity contribution in [3.8, 4) is 5.75 Å². The molecule has 0 unspecified atom stereocenters. The van der Waals surface area contributed by atoms with Crippen molar-refractivity contribution in [1.29, 1.82) is 0 Å². The van der Waals surface area contributed by atoms with Gasteiger partial charge in [-0.25, -0.2) is 0 Å². The third kappa shape index (κ3) is 2.01. The first-order chi connectivity index (χ1) is 7.16. The molecule has 1 aliphatic rings. The minimum atomic E-state index is 0.0787. The monoisotopic (exact) mass is 203 g/mol. The van der Waals surface area contributed by atoms with E-state index in [0.717, 1.165) is 23.3 Å². The number of amides is 1. The molecule has 0 fully saturated rings. The van der Waals surface area contributed by atoms with Crippen LogP contribution in [0.4, 0.5) is 0 Å². The number of hydrogen-bond acceptors (Lipinski definition) is 2. The van der Waals surface area contributed by atoms with E-state index in [4.69, 9.17) is 0 Å². The molecule has 0 aliphatic carbocycles. The van der Waals surface area contributed by atoms with Gasteiger partial charge in [0.2, 0.25) is 5.91 Å². The second-order valence-electron chi connectivity index (χ2n) is 3.70. The van der Waals surface area contributed by atoms with E-state index < -0.39 is 0 Å². The molecule has 1 aliphatic heterocycles. The molecular formula is C12H13NO2. The van der Waals surface area contributed by atoms with Crippen LogP contribution in [0.25, 0.3) is 5.57 Å². The third-order valence-corrected chi connectivity index (χ3v) is 2.60. The average molecular weight is 203 g/mol. The van der Waals surface area contributed by atoms with Crippen LogP contribution in [0, 0.1) is 0 Å². The normalized spacial score (nSPS) is 16.5. The van der Waals surface area contributed by atoms with Gasteiger partial charge >= 0.3 is 0 Å². The summed E-state index contributed by atoms with van der Waals surface area (Å²) in [6.07, 6.45) is 1.30. The minimum Gasteiger partial charge on any atom is -0.508 e. The number of rotatable bonds is 1. The Balaban J connectivity index is 2.34. The van der Waals surface area contributed by atoms with Gasteiger partial charge in [-0.2, -0.15) is 0 Å². The van der Waals surface area contributed by atoms with Crippen LogP contribution in [0.15, 0.2) is 30.0 Å². The molecule has 1 amide bonds. The summed E-state index contributed by atoms with van der Waals surface area (Å²) in [5, 5.41) is 12.0. The molecule has 0 atom stereocenters. The van der Waals surface area contributed by atoms with Crippen LogP contribution >= 0.6 is 0 Å². The number of carbonyl (C=O) groups excluding carboxylic acids is 1. The van der Waals surface area contributed by atoms with Crippen molar-refractivity contribution >= 4 is 11.5 Å². The number of nitrogens with one attached hydrogen (secondary N) is 1. The van der Waals surface area contributed by atoms with Crippen LogP contribution in [0.1, 0.15) is 25.3 Å². The van der Waals surface area contributed by atoms with Crippen molar-refractivity contribution in [2.45, 2.75) is 19.8 Å². The SMILES string of the molecule is CC1=C(c2ccc(O)cc2)CCC(=O)N1. The Morgan fingerprint density at radius 1 is 1.20 bits per heavy atom. The van der Waals surface area contributed by atoms with Gasteiger partial charge in [0.05, 0.1) is 0 Å². The highest BCUT2D eigenvalue weighted by Crippen LogP contribution is 2.26. The topological polar surface area (TPSA) is 49.3 Å². The standard InChI is InChI=1S/C12H13NO2/c1-8-11(6-7-12(15)13-8)9-2-4-10(14)5-3-9/h2-5,14H,6-7H2,1H3,(H,13,15). The van der Waals surface area contributed by atoms with Crippen molar-refractivity contribution in [1.82, 2.24) is 5.32 Å². The Bertz CT molecular complexity index is 418. The van der Waals surface area contributed by atoms with E-state index in [2.05, 4.69) is 5.32 Å². The molecule has 1 heterocycles. The van der Waals surface area contributed by atoms with Crippen molar-refractivity contribution in [3.63, 3.8) is 0 Å². The predicted molar refractivity (Wildman–Crippen MR) is 58.1 cm³/mol. The minimum absolute atomic E-state index is 0.0787. The highest BCUT2D eigenvalue weighted by Gasteiger charge is 2.15. The molecule has 0 spiro atoms. The largest absolute Gasteiger partial charge is 0.508 e. The summed E-state index contributed by atoms with van der Waals surface area (Å²) in [6.45, 7) is 1.90. The summed E-state index contributed by atoms with van der Waals surface area (Å²) in [6, 6.07) is 7.05. The number of carbonyl (C=O) groups is 1. The van der Waals surface area contributed by atoms with E-state index >= 15 is 0 Å². The predicted octanol–water partition coefficient (Wildman–Crippen LogP) is 2.03. The molecule has 1 aromatic carbocycles. The third-order valence-electron chi connectivity index (χ3n) is 2.60. The molecular weight excluding hydrogens is 190 g/mol. The maximum atomic E-state index is 11.1. The second-order valence-corrected chi connectivity index (χ2v) is 3.70. The van der Waals surface area contributed by atoms with E-state index in [9.17, 15) is 9.90 Å². The first kappa shape index (κ1) is 9.77. The van der Waals surface area contributed by atoms with E-state index in [-0.39, 0.29) is 11.7 Å². The molecule has 0 bridgehead atoms. The van der Waals surface area contributed by atoms with Gasteiger partial charge in [0.15, 0.2) is 0 Å². The number of hydrogen-bond donors (Lipinski definition) is 2. The van der Waals surface area contributed by atoms with Gasteiger partial charge in [-0.15, -0.1) is 0 Å². The highest BCUT2D eigenvalue weighted by molar-refractivity contribution is 5.86. The van der Waals surface area contributed by atoms with E-state index in [1.807, 2.05) is 19.1 Å². The molecule has 3 nitrogen and oxygen atoms in total. The Morgan fingerprint density at radius 3 is 2.47 bits per heavy atom. The summed E-state index contributed by atoms with van der Waals surface area (Å²) >= 11 is 0. The molecule has 0 aromatic heterocycles. The molecule has 15 heavy (non-hydrogen) atoms. The fourth-order valence-electron chi connectivity index (χ4n) is 1.80. The fraction of sp³-hybridized carbons (Fsp3) is 0.250. The van der Waals surface area contributed by atoms with Crippen molar-refractivity contribution in [2.75, 3.05) is 0 Å². The maximum absolute atomic E-state index is 11.1. The number of aromatic hydroxyl groups is 1. The number of allylic oxidation sites excluding steroid dienone is 2. The van der Waals surface area contributed by atoms with Gasteiger partial charge in [0, 0.05) is 12.1 Å². The summed E-state index contributed by atoms with van der Waals surface area (Å²) in [5.41, 5.74) is 3.12. The van der Waals surface area contributed by atoms with Crippen molar-refractivity contribution in [3.05, 3.63) is 35.5 Å². The van der Waals surface area contributed by atoms with Crippen LogP contribution in [-0.2, 0) is 4.79 Å². The Labute approximate surface area is 88.4 Å². The number of benzene rings is 1. The summed E-state index contributed by atoms with van der Waals surface area (Å²) in [5.74, 6) is 0.340. The molecule has 2 N–H and O–H groups in total. The number of phenolic OH excluding ortho intramolecular Hbond substituents is 1. The molecule has 78 valence electrons. The van der Waals surface area contributed by atoms with E-state index in [1.54, 1.807) is 12.1 Å². The average Bonchev–Trinajstić information content (AvgIpc) is 2.20. The summed E-state index contributed by atoms with van der Waals surface area (Å²) in [7, 11) is 0. The maximum Gasteiger partial charge on any atom is 0.224 e. The zero-order valence-electron chi connectivity index (χ0n) is 8.58. The van der Waals surface area contributed by atoms with Crippen molar-refractivity contribution in [2.24, 2.45) is 0 Å². The molecule has 2 rings (SSSR count). The van der Waals surface area contributed by atoms with Crippen LogP contribution in [-0.4, -0.2) is 11.0 Å². The van der Waals surface area contributed by atoms with Gasteiger partial charge in [-0.05, 0) is 36.6 Å². The van der Waals surface area contributed by atoms with Crippen LogP contribution in [0.3, 0.4) is 0 Å². The van der Waals surface area contributed by atoms with Crippen LogP contribution in [0.2, 0.25) is 0 Å². The molecule has 1 aromatic rings. The van der Waals surface area contributed by atoms with E-state index in [1.165, 1.54) is 0 Å². The summed E-state index contributed by atoms with van der Waals surface area (Å²) in [4.78, 5) is 11.1. The van der Waals surface area contributed by atoms with Gasteiger partial charge < -0.3 is 10.4 Å². The lowest BCUT2D eigenvalue weighted by atomic mass is 9.96. The summed E-state index contributed by atoms with van der Waals surface area (Å²) < 4.78 is 0. The lowest BCUT2D eigenvalue weighted by molar-refractivity contribution is -0.120. The Morgan fingerprint density at radius 2 is 1.87 bits per heavy atom. The smallest absolute Gasteiger partial charge is 0.224 e. The first-order valence-electron chi connectivity index (χ1n) is 4.96. The zero-order valence-corrected chi connectivity index (χ0v) is 8.58. The molecule has 0 saturated carbocycles. The number of phenols is 1. The van der Waals surface area contributed by atoms with Gasteiger partial charge in [0.25, 0.3) is 0 Å². The molecule has 0 saturated heterocycles. The quantitative estimate of drug-likeness (QED) is 0.733. The van der Waals surface area contributed by atoms with Crippen LogP contribution in [0.5, 0.6) is 5.75 Å². The lowest BCUT2D eigenvalue weighted by Gasteiger charge is -2.18. The Kier molecular flexibility index (Phi) is 2.46. The van der Waals surface area contributed by atoms with Crippen molar-refractivity contribution < 1.29 is 9.90 Å². The van der Waals surface area contributed by atoms with Gasteiger partial charge in [-0.1, -0.05) is 12.1 Å². The van der Waals surface area contributed by atoms with Gasteiger partial charge in [0.1, 0.15) is 5.75 Å². The zero-order chi connectivity index (χ0) is 10.8. The van der Waals surface area contributed by atoms with Crippen LogP contribution < -0.4 is 5.32 Å². The Hall–Kier alpha value is -1.77. The first-order valence-corrected chi connectivity index (χ1v) is 4.96. The lowest BCUT2D eigenvalue weighted by Crippen LogP contribution is -2.26. The van der Waals surface area contributed by atoms with E-state index in [0.29, 0.717) is 6.42 Å². The highest BCUT2D eigenvalue weighted by atomic mass is 16.3.